The van der Waals surface area contributed by atoms with Gasteiger partial charge in [-0.15, -0.1) is 11.3 Å². The van der Waals surface area contributed by atoms with E-state index < -0.39 is 12.0 Å². The predicted molar refractivity (Wildman–Crippen MR) is 81.5 cm³/mol. The lowest BCUT2D eigenvalue weighted by atomic mass is 10.1. The van der Waals surface area contributed by atoms with E-state index >= 15 is 0 Å². The molecule has 1 unspecified atom stereocenters. The number of carboxylic acid groups (broad SMARTS) is 1. The molecule has 2 rings (SSSR count). The van der Waals surface area contributed by atoms with Crippen LogP contribution in [-0.4, -0.2) is 27.1 Å². The molecule has 0 radical (unpaired) electrons. The summed E-state index contributed by atoms with van der Waals surface area (Å²) in [5, 5.41) is 13.3. The molecule has 0 fully saturated rings. The number of hydrogen-bond acceptors (Lipinski definition) is 5. The van der Waals surface area contributed by atoms with Gasteiger partial charge in [0.1, 0.15) is 23.0 Å². The van der Waals surface area contributed by atoms with E-state index in [0.717, 1.165) is 28.6 Å². The van der Waals surface area contributed by atoms with E-state index in [1.807, 2.05) is 20.8 Å². The number of aryl methyl sites for hydroxylation is 2. The molecule has 0 saturated heterocycles. The highest BCUT2D eigenvalue weighted by molar-refractivity contribution is 7.18. The van der Waals surface area contributed by atoms with E-state index in [2.05, 4.69) is 15.3 Å². The minimum Gasteiger partial charge on any atom is -0.480 e. The topological polar surface area (TPSA) is 75.1 Å². The van der Waals surface area contributed by atoms with E-state index in [1.165, 1.54) is 11.2 Å². The lowest BCUT2D eigenvalue weighted by molar-refractivity contribution is -0.138. The number of rotatable bonds is 6. The number of thiophene rings is 1. The predicted octanol–water partition coefficient (Wildman–Crippen LogP) is 3.36. The first-order valence-corrected chi connectivity index (χ1v) is 7.56. The molecular weight excluding hydrogens is 274 g/mol. The van der Waals surface area contributed by atoms with Crippen LogP contribution in [-0.2, 0) is 4.79 Å². The second kappa shape index (κ2) is 6.17. The Hall–Kier alpha value is -1.69. The first kappa shape index (κ1) is 14.7. The van der Waals surface area contributed by atoms with Gasteiger partial charge >= 0.3 is 5.97 Å². The molecule has 5 nitrogen and oxygen atoms in total. The summed E-state index contributed by atoms with van der Waals surface area (Å²) >= 11 is 1.61. The summed E-state index contributed by atoms with van der Waals surface area (Å²) in [6, 6.07) is -0.604. The van der Waals surface area contributed by atoms with Crippen LogP contribution < -0.4 is 5.32 Å². The molecular formula is C14H19N3O2S. The van der Waals surface area contributed by atoms with E-state index in [-0.39, 0.29) is 0 Å². The number of carboxylic acids is 1. The second-order valence-electron chi connectivity index (χ2n) is 4.86. The SMILES string of the molecule is CCCCC(Nc1ncnc2sc(C)c(C)c12)C(=O)O. The smallest absolute Gasteiger partial charge is 0.326 e. The molecule has 0 amide bonds. The maximum Gasteiger partial charge on any atom is 0.326 e. The minimum absolute atomic E-state index is 0.597. The van der Waals surface area contributed by atoms with Gasteiger partial charge in [-0.05, 0) is 25.8 Å². The Labute approximate surface area is 122 Å². The second-order valence-corrected chi connectivity index (χ2v) is 6.07. The van der Waals surface area contributed by atoms with Crippen LogP contribution in [0.4, 0.5) is 5.82 Å². The highest BCUT2D eigenvalue weighted by atomic mass is 32.1. The molecule has 6 heteroatoms. The largest absolute Gasteiger partial charge is 0.480 e. The van der Waals surface area contributed by atoms with Gasteiger partial charge < -0.3 is 10.4 Å². The van der Waals surface area contributed by atoms with E-state index in [1.54, 1.807) is 11.3 Å². The summed E-state index contributed by atoms with van der Waals surface area (Å²) in [5.74, 6) is -0.213. The molecule has 0 spiro atoms. The third-order valence-electron chi connectivity index (χ3n) is 3.42. The van der Waals surface area contributed by atoms with Crippen LogP contribution in [0.1, 0.15) is 36.6 Å². The van der Waals surface area contributed by atoms with Crippen LogP contribution in [0.15, 0.2) is 6.33 Å². The van der Waals surface area contributed by atoms with Gasteiger partial charge in [0.2, 0.25) is 0 Å². The van der Waals surface area contributed by atoms with Gasteiger partial charge in [0.25, 0.3) is 0 Å². The highest BCUT2D eigenvalue weighted by Crippen LogP contribution is 2.32. The molecule has 2 aromatic rings. The van der Waals surface area contributed by atoms with E-state index in [9.17, 15) is 9.90 Å². The third kappa shape index (κ3) is 2.90. The third-order valence-corrected chi connectivity index (χ3v) is 4.54. The molecule has 2 aromatic heterocycles. The molecule has 1 atom stereocenters. The van der Waals surface area contributed by atoms with Crippen LogP contribution in [0, 0.1) is 13.8 Å². The van der Waals surface area contributed by atoms with Crippen LogP contribution in [0.5, 0.6) is 0 Å². The van der Waals surface area contributed by atoms with Gasteiger partial charge in [-0.2, -0.15) is 0 Å². The summed E-state index contributed by atoms with van der Waals surface area (Å²) < 4.78 is 0. The van der Waals surface area contributed by atoms with Crippen LogP contribution in [0.25, 0.3) is 10.2 Å². The van der Waals surface area contributed by atoms with Crippen molar-refractivity contribution in [3.63, 3.8) is 0 Å². The van der Waals surface area contributed by atoms with Crippen LogP contribution >= 0.6 is 11.3 Å². The molecule has 0 aliphatic carbocycles. The van der Waals surface area contributed by atoms with Crippen LogP contribution in [0.2, 0.25) is 0 Å². The summed E-state index contributed by atoms with van der Waals surface area (Å²) in [6.07, 6.45) is 3.93. The standard InChI is InChI=1S/C14H19N3O2S/c1-4-5-6-10(14(18)19)17-12-11-8(2)9(3)20-13(11)16-7-15-12/h7,10H,4-6H2,1-3H3,(H,18,19)(H,15,16,17). The average molecular weight is 293 g/mol. The van der Waals surface area contributed by atoms with Crippen molar-refractivity contribution in [1.82, 2.24) is 9.97 Å². The Kier molecular flexibility index (Phi) is 4.54. The van der Waals surface area contributed by atoms with Gasteiger partial charge in [-0.1, -0.05) is 19.8 Å². The highest BCUT2D eigenvalue weighted by Gasteiger charge is 2.20. The van der Waals surface area contributed by atoms with Crippen molar-refractivity contribution in [2.24, 2.45) is 0 Å². The number of aliphatic carboxylic acids is 1. The number of hydrogen-bond donors (Lipinski definition) is 2. The molecule has 0 aliphatic heterocycles. The maximum absolute atomic E-state index is 11.3. The van der Waals surface area contributed by atoms with Crippen molar-refractivity contribution in [2.45, 2.75) is 46.1 Å². The molecule has 2 heterocycles. The Balaban J connectivity index is 2.34. The quantitative estimate of drug-likeness (QED) is 0.854. The average Bonchev–Trinajstić information content (AvgIpc) is 2.70. The zero-order valence-corrected chi connectivity index (χ0v) is 12.8. The van der Waals surface area contributed by atoms with Crippen molar-refractivity contribution in [1.29, 1.82) is 0 Å². The van der Waals surface area contributed by atoms with Gasteiger partial charge in [-0.25, -0.2) is 14.8 Å². The summed E-state index contributed by atoms with van der Waals surface area (Å²) in [4.78, 5) is 21.9. The van der Waals surface area contributed by atoms with Crippen molar-refractivity contribution < 1.29 is 9.90 Å². The maximum atomic E-state index is 11.3. The fourth-order valence-corrected chi connectivity index (χ4v) is 3.12. The molecule has 2 N–H and O–H groups in total. The molecule has 0 bridgehead atoms. The van der Waals surface area contributed by atoms with Gasteiger partial charge in [0, 0.05) is 4.88 Å². The van der Waals surface area contributed by atoms with Gasteiger partial charge in [0.05, 0.1) is 5.39 Å². The molecule has 0 aliphatic rings. The zero-order valence-electron chi connectivity index (χ0n) is 11.9. The first-order chi connectivity index (χ1) is 9.54. The fourth-order valence-electron chi connectivity index (χ4n) is 2.12. The molecule has 0 aromatic carbocycles. The minimum atomic E-state index is -0.838. The van der Waals surface area contributed by atoms with Gasteiger partial charge in [-0.3, -0.25) is 0 Å². The zero-order chi connectivity index (χ0) is 14.7. The van der Waals surface area contributed by atoms with Crippen molar-refractivity contribution in [3.8, 4) is 0 Å². The summed E-state index contributed by atoms with van der Waals surface area (Å²) in [5.41, 5.74) is 1.12. The number of nitrogens with zero attached hydrogens (tertiary/aromatic N) is 2. The number of unbranched alkanes of at least 4 members (excludes halogenated alkanes) is 1. The van der Waals surface area contributed by atoms with E-state index in [0.29, 0.717) is 12.2 Å². The molecule has 20 heavy (non-hydrogen) atoms. The Morgan fingerprint density at radius 1 is 1.45 bits per heavy atom. The van der Waals surface area contributed by atoms with Crippen molar-refractivity contribution in [2.75, 3.05) is 5.32 Å². The lowest BCUT2D eigenvalue weighted by Gasteiger charge is -2.15. The number of aromatic nitrogens is 2. The number of nitrogens with one attached hydrogen (secondary N) is 1. The fraction of sp³-hybridized carbons (Fsp3) is 0.500. The summed E-state index contributed by atoms with van der Waals surface area (Å²) in [7, 11) is 0. The Bertz CT molecular complexity index is 624. The Morgan fingerprint density at radius 2 is 2.20 bits per heavy atom. The number of anilines is 1. The van der Waals surface area contributed by atoms with Crippen molar-refractivity contribution in [3.05, 3.63) is 16.8 Å². The normalized spacial score (nSPS) is 12.6. The van der Waals surface area contributed by atoms with Gasteiger partial charge in [0.15, 0.2) is 0 Å². The van der Waals surface area contributed by atoms with Crippen molar-refractivity contribution >= 4 is 33.3 Å². The summed E-state index contributed by atoms with van der Waals surface area (Å²) in [6.45, 7) is 6.11. The molecule has 108 valence electrons. The molecule has 0 saturated carbocycles. The number of carbonyl (C=O) groups is 1. The number of fused-ring (bicyclic) bond motifs is 1. The lowest BCUT2D eigenvalue weighted by Crippen LogP contribution is -2.29. The monoisotopic (exact) mass is 293 g/mol. The van der Waals surface area contributed by atoms with Crippen LogP contribution in [0.3, 0.4) is 0 Å². The first-order valence-electron chi connectivity index (χ1n) is 6.74. The Morgan fingerprint density at radius 3 is 2.85 bits per heavy atom. The van der Waals surface area contributed by atoms with E-state index in [4.69, 9.17) is 0 Å².